The number of ketones is 1. The lowest BCUT2D eigenvalue weighted by atomic mass is 10.0. The van der Waals surface area contributed by atoms with Crippen LogP contribution in [0.25, 0.3) is 0 Å². The molecule has 6 nitrogen and oxygen atoms in total. The Labute approximate surface area is 155 Å². The second kappa shape index (κ2) is 8.62. The van der Waals surface area contributed by atoms with Gasteiger partial charge >= 0.3 is 5.97 Å². The molecule has 2 rings (SSSR count). The number of hydrogen-bond donors (Lipinski definition) is 0. The van der Waals surface area contributed by atoms with Gasteiger partial charge in [-0.15, -0.1) is 11.8 Å². The fourth-order valence-corrected chi connectivity index (χ4v) is 2.90. The number of Topliss-reactive ketones (excluding diaryl/α,β-unsaturated/α-hetero) is 1. The number of carbonyl (C=O) groups excluding carboxylic acids is 2. The van der Waals surface area contributed by atoms with E-state index in [-0.39, 0.29) is 17.2 Å². The van der Waals surface area contributed by atoms with Crippen LogP contribution in [0, 0.1) is 24.0 Å². The van der Waals surface area contributed by atoms with Crippen LogP contribution in [0.1, 0.15) is 28.4 Å². The number of nitrogens with zero attached hydrogens (tertiary/aromatic N) is 1. The number of esters is 1. The van der Waals surface area contributed by atoms with Gasteiger partial charge in [-0.1, -0.05) is 12.1 Å². The highest BCUT2D eigenvalue weighted by molar-refractivity contribution is 8.00. The van der Waals surface area contributed by atoms with E-state index < -0.39 is 17.0 Å². The van der Waals surface area contributed by atoms with Crippen molar-refractivity contribution in [2.24, 2.45) is 0 Å². The van der Waals surface area contributed by atoms with Gasteiger partial charge in [0, 0.05) is 22.6 Å². The molecule has 0 amide bonds. The maximum atomic E-state index is 12.4. The molecule has 0 aliphatic rings. The first-order chi connectivity index (χ1) is 12.3. The molecule has 0 saturated heterocycles. The van der Waals surface area contributed by atoms with Gasteiger partial charge < -0.3 is 4.74 Å². The third-order valence-corrected chi connectivity index (χ3v) is 4.86. The van der Waals surface area contributed by atoms with Crippen LogP contribution in [0.5, 0.6) is 0 Å². The number of carbonyl (C=O) groups is 2. The Balaban J connectivity index is 1.89. The van der Waals surface area contributed by atoms with Crippen LogP contribution in [-0.4, -0.2) is 28.5 Å². The number of nitro groups is 1. The van der Waals surface area contributed by atoms with Crippen LogP contribution in [0.15, 0.2) is 47.4 Å². The summed E-state index contributed by atoms with van der Waals surface area (Å²) in [5, 5.41) is 10.6. The maximum Gasteiger partial charge on any atom is 0.316 e. The van der Waals surface area contributed by atoms with Crippen LogP contribution in [0.2, 0.25) is 0 Å². The molecule has 0 unspecified atom stereocenters. The lowest BCUT2D eigenvalue weighted by Crippen LogP contribution is -2.25. The zero-order chi connectivity index (χ0) is 19.3. The number of non-ortho nitro benzene ring substituents is 1. The van der Waals surface area contributed by atoms with Gasteiger partial charge in [0.2, 0.25) is 5.78 Å². The molecule has 0 bridgehead atoms. The summed E-state index contributed by atoms with van der Waals surface area (Å²) < 4.78 is 5.20. The average Bonchev–Trinajstić information content (AvgIpc) is 2.62. The molecule has 0 aromatic heterocycles. The van der Waals surface area contributed by atoms with Crippen molar-refractivity contribution in [2.45, 2.75) is 31.8 Å². The zero-order valence-electron chi connectivity index (χ0n) is 14.7. The number of rotatable bonds is 7. The minimum absolute atomic E-state index is 0.00969. The first-order valence-corrected chi connectivity index (χ1v) is 8.94. The Morgan fingerprint density at radius 1 is 1.12 bits per heavy atom. The standard InChI is InChI=1S/C19H19NO5S/c1-12-4-5-15(10-13(12)2)19(22)14(3)25-18(21)11-26-17-8-6-16(7-9-17)20(23)24/h4-10,14H,11H2,1-3H3/t14-/m0/s1. The van der Waals surface area contributed by atoms with Gasteiger partial charge in [-0.3, -0.25) is 19.7 Å². The molecule has 0 aliphatic carbocycles. The monoisotopic (exact) mass is 373 g/mol. The molecule has 2 aromatic rings. The summed E-state index contributed by atoms with van der Waals surface area (Å²) >= 11 is 1.19. The highest BCUT2D eigenvalue weighted by Crippen LogP contribution is 2.22. The predicted octanol–water partition coefficient (Wildman–Crippen LogP) is 4.12. The van der Waals surface area contributed by atoms with Crippen molar-refractivity contribution in [3.8, 4) is 0 Å². The van der Waals surface area contributed by atoms with Gasteiger partial charge in [-0.2, -0.15) is 0 Å². The Bertz CT molecular complexity index is 832. The van der Waals surface area contributed by atoms with Crippen LogP contribution in [0.3, 0.4) is 0 Å². The van der Waals surface area contributed by atoms with Gasteiger partial charge in [0.05, 0.1) is 10.7 Å². The summed E-state index contributed by atoms with van der Waals surface area (Å²) in [6, 6.07) is 11.3. The first kappa shape index (κ1) is 19.7. The molecular weight excluding hydrogens is 354 g/mol. The second-order valence-electron chi connectivity index (χ2n) is 5.84. The lowest BCUT2D eigenvalue weighted by Gasteiger charge is -2.13. The van der Waals surface area contributed by atoms with Crippen LogP contribution >= 0.6 is 11.8 Å². The highest BCUT2D eigenvalue weighted by atomic mass is 32.2. The van der Waals surface area contributed by atoms with Crippen molar-refractivity contribution in [1.82, 2.24) is 0 Å². The fraction of sp³-hybridized carbons (Fsp3) is 0.263. The summed E-state index contributed by atoms with van der Waals surface area (Å²) in [6.07, 6.45) is -0.873. The van der Waals surface area contributed by atoms with E-state index in [4.69, 9.17) is 4.74 Å². The second-order valence-corrected chi connectivity index (χ2v) is 6.88. The van der Waals surface area contributed by atoms with Crippen LogP contribution < -0.4 is 0 Å². The quantitative estimate of drug-likeness (QED) is 0.239. The van der Waals surface area contributed by atoms with Crippen molar-refractivity contribution in [2.75, 3.05) is 5.75 Å². The Kier molecular flexibility index (Phi) is 6.52. The molecule has 7 heteroatoms. The number of nitro benzene ring substituents is 1. The maximum absolute atomic E-state index is 12.4. The minimum atomic E-state index is -0.873. The number of ether oxygens (including phenoxy) is 1. The molecule has 26 heavy (non-hydrogen) atoms. The molecule has 136 valence electrons. The third kappa shape index (κ3) is 5.16. The summed E-state index contributed by atoms with van der Waals surface area (Å²) in [7, 11) is 0. The minimum Gasteiger partial charge on any atom is -0.454 e. The Hall–Kier alpha value is -2.67. The average molecular weight is 373 g/mol. The van der Waals surface area contributed by atoms with Crippen molar-refractivity contribution in [3.63, 3.8) is 0 Å². The molecule has 1 atom stereocenters. The number of thioether (sulfide) groups is 1. The Morgan fingerprint density at radius 2 is 1.77 bits per heavy atom. The molecule has 0 heterocycles. The molecule has 2 aromatic carbocycles. The van der Waals surface area contributed by atoms with E-state index in [1.807, 2.05) is 19.9 Å². The normalized spacial score (nSPS) is 11.7. The third-order valence-electron chi connectivity index (χ3n) is 3.87. The molecule has 0 N–H and O–H groups in total. The lowest BCUT2D eigenvalue weighted by molar-refractivity contribution is -0.384. The zero-order valence-corrected chi connectivity index (χ0v) is 15.5. The van der Waals surface area contributed by atoms with Crippen molar-refractivity contribution < 1.29 is 19.2 Å². The highest BCUT2D eigenvalue weighted by Gasteiger charge is 2.20. The topological polar surface area (TPSA) is 86.5 Å². The van der Waals surface area contributed by atoms with Gasteiger partial charge in [-0.05, 0) is 50.1 Å². The van der Waals surface area contributed by atoms with E-state index in [0.717, 1.165) is 11.1 Å². The molecule has 0 spiro atoms. The fourth-order valence-electron chi connectivity index (χ4n) is 2.22. The molecule has 0 aliphatic heterocycles. The van der Waals surface area contributed by atoms with E-state index in [1.165, 1.54) is 23.9 Å². The molecule has 0 fully saturated rings. The van der Waals surface area contributed by atoms with Crippen LogP contribution in [0.4, 0.5) is 5.69 Å². The molecular formula is C19H19NO5S. The van der Waals surface area contributed by atoms with Gasteiger partial charge in [-0.25, -0.2) is 0 Å². The van der Waals surface area contributed by atoms with E-state index in [0.29, 0.717) is 10.5 Å². The summed E-state index contributed by atoms with van der Waals surface area (Å²) in [4.78, 5) is 35.2. The predicted molar refractivity (Wildman–Crippen MR) is 99.6 cm³/mol. The largest absolute Gasteiger partial charge is 0.454 e. The van der Waals surface area contributed by atoms with Gasteiger partial charge in [0.25, 0.3) is 5.69 Å². The molecule has 0 radical (unpaired) electrons. The summed E-state index contributed by atoms with van der Waals surface area (Å²) in [5.74, 6) is -0.748. The number of benzene rings is 2. The van der Waals surface area contributed by atoms with Crippen molar-refractivity contribution in [1.29, 1.82) is 0 Å². The van der Waals surface area contributed by atoms with Crippen molar-refractivity contribution in [3.05, 3.63) is 69.3 Å². The number of hydrogen-bond acceptors (Lipinski definition) is 6. The smallest absolute Gasteiger partial charge is 0.316 e. The van der Waals surface area contributed by atoms with Crippen LogP contribution in [-0.2, 0) is 9.53 Å². The van der Waals surface area contributed by atoms with E-state index in [1.54, 1.807) is 31.2 Å². The van der Waals surface area contributed by atoms with Crippen molar-refractivity contribution >= 4 is 29.2 Å². The molecule has 0 saturated carbocycles. The van der Waals surface area contributed by atoms with E-state index >= 15 is 0 Å². The summed E-state index contributed by atoms with van der Waals surface area (Å²) in [5.41, 5.74) is 2.59. The number of aryl methyl sites for hydroxylation is 2. The van der Waals surface area contributed by atoms with E-state index in [2.05, 4.69) is 0 Å². The van der Waals surface area contributed by atoms with Gasteiger partial charge in [0.1, 0.15) is 0 Å². The first-order valence-electron chi connectivity index (χ1n) is 7.96. The van der Waals surface area contributed by atoms with E-state index in [9.17, 15) is 19.7 Å². The summed E-state index contributed by atoms with van der Waals surface area (Å²) in [6.45, 7) is 5.43. The SMILES string of the molecule is Cc1ccc(C(=O)[C@H](C)OC(=O)CSc2ccc([N+](=O)[O-])cc2)cc1C. The Morgan fingerprint density at radius 3 is 2.35 bits per heavy atom. The van der Waals surface area contributed by atoms with Gasteiger partial charge in [0.15, 0.2) is 6.10 Å².